The van der Waals surface area contributed by atoms with Crippen molar-refractivity contribution in [3.05, 3.63) is 286 Å². The Bertz CT molecular complexity index is 4100. The van der Waals surface area contributed by atoms with E-state index in [9.17, 15) is 0 Å². The molecule has 13 aromatic rings. The summed E-state index contributed by atoms with van der Waals surface area (Å²) in [6, 6.07) is 92.6. The lowest BCUT2D eigenvalue weighted by molar-refractivity contribution is 0.925. The van der Waals surface area contributed by atoms with Gasteiger partial charge in [-0.25, -0.2) is 9.97 Å². The number of hydrogen-bond acceptors (Lipinski definition) is 3. The maximum atomic E-state index is 4.82. The van der Waals surface area contributed by atoms with Crippen LogP contribution in [0.15, 0.2) is 286 Å². The lowest BCUT2D eigenvalue weighted by Gasteiger charge is -2.19. The summed E-state index contributed by atoms with van der Waals surface area (Å²) in [5, 5.41) is 0. The van der Waals surface area contributed by atoms with E-state index in [1.54, 1.807) is 0 Å². The molecule has 0 saturated heterocycles. The van der Waals surface area contributed by atoms with E-state index < -0.39 is 0 Å². The molecule has 0 amide bonds. The second-order valence-corrected chi connectivity index (χ2v) is 19.8. The van der Waals surface area contributed by atoms with Crippen molar-refractivity contribution in [3.8, 4) is 134 Å². The Hall–Kier alpha value is -10.2. The number of benzene rings is 10. The van der Waals surface area contributed by atoms with E-state index in [1.807, 2.05) is 51.1 Å². The molecule has 13 rings (SSSR count). The van der Waals surface area contributed by atoms with E-state index in [2.05, 4.69) is 268 Å². The molecule has 10 aromatic carbocycles. The van der Waals surface area contributed by atoms with Crippen LogP contribution in [0.1, 0.15) is 0 Å². The quantitative estimate of drug-likeness (QED) is 0.123. The van der Waals surface area contributed by atoms with Gasteiger partial charge in [-0.15, -0.1) is 0 Å². The van der Waals surface area contributed by atoms with Crippen LogP contribution in [0.5, 0.6) is 0 Å². The Balaban J connectivity index is 0.974. The summed E-state index contributed by atoms with van der Waals surface area (Å²) in [6.45, 7) is 0. The van der Waals surface area contributed by atoms with Crippen LogP contribution >= 0.6 is 0 Å². The first-order valence-electron chi connectivity index (χ1n) is 26.4. The van der Waals surface area contributed by atoms with Crippen molar-refractivity contribution < 1.29 is 0 Å². The molecule has 0 aliphatic heterocycles. The summed E-state index contributed by atoms with van der Waals surface area (Å²) in [5.74, 6) is 1.87. The summed E-state index contributed by atoms with van der Waals surface area (Å²) < 4.78 is 4.11. The minimum absolute atomic E-state index is 0.929. The topological polar surface area (TPSA) is 48.5 Å². The summed E-state index contributed by atoms with van der Waals surface area (Å²) in [4.78, 5) is 14.1. The van der Waals surface area contributed by atoms with Crippen molar-refractivity contribution in [2.45, 2.75) is 0 Å². The highest BCUT2D eigenvalue weighted by Crippen LogP contribution is 2.45. The molecule has 370 valence electrons. The van der Waals surface area contributed by atoms with Crippen molar-refractivity contribution in [1.29, 1.82) is 0 Å². The summed E-state index contributed by atoms with van der Waals surface area (Å²) in [6.07, 6.45) is 9.53. The lowest BCUT2D eigenvalue weighted by atomic mass is 9.84. The normalized spacial score (nSPS) is 11.2. The fourth-order valence-electron chi connectivity index (χ4n) is 11.0. The Morgan fingerprint density at radius 2 is 0.590 bits per heavy atom. The summed E-state index contributed by atoms with van der Waals surface area (Å²) in [5.41, 5.74) is 24.7. The molecule has 0 atom stereocenters. The second-order valence-electron chi connectivity index (χ2n) is 19.8. The first-order valence-corrected chi connectivity index (χ1v) is 26.4. The minimum Gasteiger partial charge on any atom is -0.334 e. The Morgan fingerprint density at radius 3 is 1.09 bits per heavy atom. The van der Waals surface area contributed by atoms with E-state index in [0.29, 0.717) is 0 Å². The molecule has 5 nitrogen and oxygen atoms in total. The standard InChI is InChI=1S/C73H53N5/c1-77-43-41-75-72(77)55-34-30-53(31-35-55)63-19-6-8-21-65(63)60-46-61(66-22-9-7-20-64(66)54-32-36-56(37-33-54)73-76-42-44-78(73)2)48-62(47-60)67-23-10-11-24-68(67)69-39-38-59(71-25-12-13-40-74-71)49-70(69)58-18-14-17-57(45-58)52-28-26-51(27-29-52)50-15-4-3-5-16-50/h3-49H,1-2H3. The van der Waals surface area contributed by atoms with Gasteiger partial charge in [0.1, 0.15) is 11.6 Å². The summed E-state index contributed by atoms with van der Waals surface area (Å²) >= 11 is 0. The highest BCUT2D eigenvalue weighted by molar-refractivity contribution is 5.98. The highest BCUT2D eigenvalue weighted by Gasteiger charge is 2.20. The molecule has 5 heteroatoms. The lowest BCUT2D eigenvalue weighted by Crippen LogP contribution is -1.94. The van der Waals surface area contributed by atoms with E-state index in [4.69, 9.17) is 4.98 Å². The molecule has 0 aliphatic rings. The van der Waals surface area contributed by atoms with Gasteiger partial charge in [0, 0.05) is 61.8 Å². The molecular weight excluding hydrogens is 947 g/mol. The van der Waals surface area contributed by atoms with E-state index in [0.717, 1.165) is 123 Å². The van der Waals surface area contributed by atoms with Crippen LogP contribution in [0.3, 0.4) is 0 Å². The fourth-order valence-corrected chi connectivity index (χ4v) is 11.0. The number of pyridine rings is 1. The average Bonchev–Trinajstić information content (AvgIpc) is 4.21. The molecular formula is C73H53N5. The molecule has 0 fully saturated rings. The van der Waals surface area contributed by atoms with E-state index in [1.165, 1.54) is 11.1 Å². The fraction of sp³-hybridized carbons (Fsp3) is 0.0274. The van der Waals surface area contributed by atoms with Crippen LogP contribution in [-0.2, 0) is 14.1 Å². The molecule has 0 bridgehead atoms. The van der Waals surface area contributed by atoms with Crippen LogP contribution in [0.25, 0.3) is 134 Å². The molecule has 0 N–H and O–H groups in total. The third-order valence-corrected chi connectivity index (χ3v) is 15.0. The zero-order valence-electron chi connectivity index (χ0n) is 43.4. The number of nitrogens with zero attached hydrogens (tertiary/aromatic N) is 5. The van der Waals surface area contributed by atoms with Gasteiger partial charge < -0.3 is 9.13 Å². The van der Waals surface area contributed by atoms with Crippen LogP contribution in [0.4, 0.5) is 0 Å². The van der Waals surface area contributed by atoms with Gasteiger partial charge in [0.15, 0.2) is 0 Å². The number of rotatable bonds is 12. The van der Waals surface area contributed by atoms with Crippen LogP contribution in [0.2, 0.25) is 0 Å². The molecule has 3 aromatic heterocycles. The van der Waals surface area contributed by atoms with Crippen LogP contribution in [0, 0.1) is 0 Å². The summed E-state index contributed by atoms with van der Waals surface area (Å²) in [7, 11) is 4.07. The molecule has 0 spiro atoms. The first-order chi connectivity index (χ1) is 38.5. The smallest absolute Gasteiger partial charge is 0.139 e. The molecule has 3 heterocycles. The van der Waals surface area contributed by atoms with Crippen molar-refractivity contribution >= 4 is 0 Å². The van der Waals surface area contributed by atoms with Crippen molar-refractivity contribution in [3.63, 3.8) is 0 Å². The zero-order chi connectivity index (χ0) is 52.4. The maximum Gasteiger partial charge on any atom is 0.139 e. The molecule has 0 radical (unpaired) electrons. The van der Waals surface area contributed by atoms with Crippen molar-refractivity contribution in [1.82, 2.24) is 24.1 Å². The Morgan fingerprint density at radius 1 is 0.218 bits per heavy atom. The Kier molecular flexibility index (Phi) is 12.7. The number of imidazole rings is 2. The highest BCUT2D eigenvalue weighted by atomic mass is 15.0. The van der Waals surface area contributed by atoms with Crippen molar-refractivity contribution in [2.75, 3.05) is 0 Å². The largest absolute Gasteiger partial charge is 0.334 e. The van der Waals surface area contributed by atoms with Gasteiger partial charge in [0.2, 0.25) is 0 Å². The maximum absolute atomic E-state index is 4.82. The van der Waals surface area contributed by atoms with Crippen LogP contribution < -0.4 is 0 Å². The van der Waals surface area contributed by atoms with Crippen LogP contribution in [-0.4, -0.2) is 24.1 Å². The number of aryl methyl sites for hydroxylation is 2. The predicted molar refractivity (Wildman–Crippen MR) is 323 cm³/mol. The van der Waals surface area contributed by atoms with Gasteiger partial charge in [-0.1, -0.05) is 212 Å². The van der Waals surface area contributed by atoms with Gasteiger partial charge in [-0.2, -0.15) is 0 Å². The SMILES string of the molecule is Cn1ccnc1-c1ccc(-c2ccccc2-c2cc(-c3ccccc3-c3ccc(-c4nccn4C)cc3)cc(-c3ccccc3-c3ccc(-c4ccccn4)cc3-c3cccc(-c4ccc(-c5ccccc5)cc4)c3)c2)cc1. The number of hydrogen-bond donors (Lipinski definition) is 0. The van der Waals surface area contributed by atoms with Gasteiger partial charge >= 0.3 is 0 Å². The molecule has 0 unspecified atom stereocenters. The van der Waals surface area contributed by atoms with E-state index in [-0.39, 0.29) is 0 Å². The minimum atomic E-state index is 0.929. The third-order valence-electron chi connectivity index (χ3n) is 15.0. The number of aromatic nitrogens is 5. The van der Waals surface area contributed by atoms with E-state index >= 15 is 0 Å². The van der Waals surface area contributed by atoms with Gasteiger partial charge in [-0.05, 0) is 143 Å². The third kappa shape index (κ3) is 9.35. The second kappa shape index (κ2) is 20.8. The van der Waals surface area contributed by atoms with Gasteiger partial charge in [0.05, 0.1) is 5.69 Å². The monoisotopic (exact) mass is 999 g/mol. The zero-order valence-corrected chi connectivity index (χ0v) is 43.4. The molecule has 0 aliphatic carbocycles. The molecule has 78 heavy (non-hydrogen) atoms. The average molecular weight is 1000 g/mol. The molecule has 0 saturated carbocycles. The van der Waals surface area contributed by atoms with Gasteiger partial charge in [-0.3, -0.25) is 4.98 Å². The van der Waals surface area contributed by atoms with Crippen molar-refractivity contribution in [2.24, 2.45) is 14.1 Å². The van der Waals surface area contributed by atoms with Gasteiger partial charge in [0.25, 0.3) is 0 Å². The predicted octanol–water partition coefficient (Wildman–Crippen LogP) is 18.6. The Labute approximate surface area is 455 Å². The first kappa shape index (κ1) is 47.5.